The summed E-state index contributed by atoms with van der Waals surface area (Å²) in [6.45, 7) is 3.10. The van der Waals surface area contributed by atoms with Crippen LogP contribution in [0.2, 0.25) is 5.02 Å². The SMILES string of the molecule is COc1cc(C2CCCCN2)c(Cl)cc1C. The van der Waals surface area contributed by atoms with Crippen LogP contribution >= 0.6 is 11.6 Å². The minimum Gasteiger partial charge on any atom is -0.496 e. The van der Waals surface area contributed by atoms with Gasteiger partial charge in [0, 0.05) is 11.1 Å². The molecule has 1 heterocycles. The van der Waals surface area contributed by atoms with Crippen molar-refractivity contribution in [3.8, 4) is 5.75 Å². The third-order valence-corrected chi connectivity index (χ3v) is 3.53. The number of hydrogen-bond donors (Lipinski definition) is 1. The molecule has 1 N–H and O–H groups in total. The molecule has 2 rings (SSSR count). The third kappa shape index (κ3) is 2.33. The smallest absolute Gasteiger partial charge is 0.122 e. The zero-order valence-corrected chi connectivity index (χ0v) is 10.6. The van der Waals surface area contributed by atoms with Crippen molar-refractivity contribution in [1.82, 2.24) is 5.32 Å². The minimum atomic E-state index is 0.385. The number of ether oxygens (including phenoxy) is 1. The van der Waals surface area contributed by atoms with E-state index in [9.17, 15) is 0 Å². The fourth-order valence-electron chi connectivity index (χ4n) is 2.27. The van der Waals surface area contributed by atoms with Crippen molar-refractivity contribution in [2.45, 2.75) is 32.2 Å². The average molecular weight is 240 g/mol. The van der Waals surface area contributed by atoms with Crippen molar-refractivity contribution in [3.63, 3.8) is 0 Å². The normalized spacial score (nSPS) is 20.8. The van der Waals surface area contributed by atoms with Gasteiger partial charge in [0.05, 0.1) is 7.11 Å². The lowest BCUT2D eigenvalue weighted by Crippen LogP contribution is -2.27. The largest absolute Gasteiger partial charge is 0.496 e. The molecule has 1 aliphatic rings. The highest BCUT2D eigenvalue weighted by Crippen LogP contribution is 2.33. The fourth-order valence-corrected chi connectivity index (χ4v) is 2.62. The molecule has 1 fully saturated rings. The molecule has 16 heavy (non-hydrogen) atoms. The van der Waals surface area contributed by atoms with Crippen LogP contribution in [0.25, 0.3) is 0 Å². The lowest BCUT2D eigenvalue weighted by Gasteiger charge is -2.25. The van der Waals surface area contributed by atoms with E-state index in [4.69, 9.17) is 16.3 Å². The van der Waals surface area contributed by atoms with Crippen molar-refractivity contribution in [3.05, 3.63) is 28.3 Å². The van der Waals surface area contributed by atoms with Crippen LogP contribution in [-0.2, 0) is 0 Å². The Balaban J connectivity index is 2.31. The van der Waals surface area contributed by atoms with E-state index in [1.807, 2.05) is 13.0 Å². The Labute approximate surface area is 102 Å². The Kier molecular flexibility index (Phi) is 3.72. The van der Waals surface area contributed by atoms with Gasteiger partial charge in [-0.15, -0.1) is 0 Å². The monoisotopic (exact) mass is 239 g/mol. The predicted octanol–water partition coefficient (Wildman–Crippen LogP) is 3.47. The lowest BCUT2D eigenvalue weighted by atomic mass is 9.96. The number of piperidine rings is 1. The van der Waals surface area contributed by atoms with Crippen LogP contribution in [0, 0.1) is 6.92 Å². The van der Waals surface area contributed by atoms with E-state index in [0.29, 0.717) is 6.04 Å². The van der Waals surface area contributed by atoms with Gasteiger partial charge >= 0.3 is 0 Å². The summed E-state index contributed by atoms with van der Waals surface area (Å²) >= 11 is 6.30. The molecule has 0 radical (unpaired) electrons. The summed E-state index contributed by atoms with van der Waals surface area (Å²) in [5, 5.41) is 4.35. The predicted molar refractivity (Wildman–Crippen MR) is 67.3 cm³/mol. The molecule has 1 aliphatic heterocycles. The second-order valence-electron chi connectivity index (χ2n) is 4.35. The molecule has 0 amide bonds. The fraction of sp³-hybridized carbons (Fsp3) is 0.538. The van der Waals surface area contributed by atoms with E-state index >= 15 is 0 Å². The molecule has 3 heteroatoms. The van der Waals surface area contributed by atoms with Crippen molar-refractivity contribution < 1.29 is 4.74 Å². The molecule has 0 aromatic heterocycles. The molecule has 1 aromatic carbocycles. The van der Waals surface area contributed by atoms with Gasteiger partial charge in [0.2, 0.25) is 0 Å². The molecule has 1 aromatic rings. The summed E-state index contributed by atoms with van der Waals surface area (Å²) in [7, 11) is 1.70. The molecule has 2 nitrogen and oxygen atoms in total. The number of hydrogen-bond acceptors (Lipinski definition) is 2. The van der Waals surface area contributed by atoms with E-state index < -0.39 is 0 Å². The molecule has 1 atom stereocenters. The maximum absolute atomic E-state index is 6.30. The highest BCUT2D eigenvalue weighted by atomic mass is 35.5. The number of halogens is 1. The summed E-state index contributed by atoms with van der Waals surface area (Å²) in [6.07, 6.45) is 3.69. The minimum absolute atomic E-state index is 0.385. The Bertz CT molecular complexity index is 372. The highest BCUT2D eigenvalue weighted by molar-refractivity contribution is 6.31. The van der Waals surface area contributed by atoms with Crippen LogP contribution < -0.4 is 10.1 Å². The second kappa shape index (κ2) is 5.07. The lowest BCUT2D eigenvalue weighted by molar-refractivity contribution is 0.398. The first-order valence-corrected chi connectivity index (χ1v) is 6.17. The van der Waals surface area contributed by atoms with Crippen LogP contribution in [0.4, 0.5) is 0 Å². The number of benzene rings is 1. The average Bonchev–Trinajstić information content (AvgIpc) is 2.30. The van der Waals surface area contributed by atoms with Gasteiger partial charge in [0.15, 0.2) is 0 Å². The van der Waals surface area contributed by atoms with Crippen LogP contribution in [-0.4, -0.2) is 13.7 Å². The molecule has 0 aliphatic carbocycles. The van der Waals surface area contributed by atoms with Gasteiger partial charge < -0.3 is 10.1 Å². The summed E-state index contributed by atoms with van der Waals surface area (Å²) in [5.41, 5.74) is 2.26. The molecule has 0 spiro atoms. The van der Waals surface area contributed by atoms with E-state index in [1.165, 1.54) is 18.4 Å². The second-order valence-corrected chi connectivity index (χ2v) is 4.75. The number of rotatable bonds is 2. The first kappa shape index (κ1) is 11.7. The van der Waals surface area contributed by atoms with Crippen LogP contribution in [0.1, 0.15) is 36.4 Å². The first-order chi connectivity index (χ1) is 7.72. The van der Waals surface area contributed by atoms with Gasteiger partial charge in [-0.3, -0.25) is 0 Å². The van der Waals surface area contributed by atoms with Gasteiger partial charge in [-0.1, -0.05) is 18.0 Å². The Morgan fingerprint density at radius 2 is 2.19 bits per heavy atom. The van der Waals surface area contributed by atoms with Crippen LogP contribution in [0.3, 0.4) is 0 Å². The molecule has 1 saturated heterocycles. The van der Waals surface area contributed by atoms with Crippen molar-refractivity contribution in [2.24, 2.45) is 0 Å². The zero-order chi connectivity index (χ0) is 11.5. The standard InChI is InChI=1S/C13H18ClNO/c1-9-7-11(14)10(8-13(9)16-2)12-5-3-4-6-15-12/h7-8,12,15H,3-6H2,1-2H3. The summed E-state index contributed by atoms with van der Waals surface area (Å²) < 4.78 is 5.35. The zero-order valence-electron chi connectivity index (χ0n) is 9.85. The molecule has 0 bridgehead atoms. The molecule has 88 valence electrons. The number of aryl methyl sites for hydroxylation is 1. The topological polar surface area (TPSA) is 21.3 Å². The van der Waals surface area contributed by atoms with E-state index in [0.717, 1.165) is 29.3 Å². The van der Waals surface area contributed by atoms with Crippen molar-refractivity contribution in [2.75, 3.05) is 13.7 Å². The van der Waals surface area contributed by atoms with E-state index in [-0.39, 0.29) is 0 Å². The molecule has 1 unspecified atom stereocenters. The van der Waals surface area contributed by atoms with Gasteiger partial charge in [-0.2, -0.15) is 0 Å². The molecule has 0 saturated carbocycles. The van der Waals surface area contributed by atoms with E-state index in [1.54, 1.807) is 7.11 Å². The van der Waals surface area contributed by atoms with Gasteiger partial charge in [-0.25, -0.2) is 0 Å². The Morgan fingerprint density at radius 1 is 1.38 bits per heavy atom. The maximum atomic E-state index is 6.30. The third-order valence-electron chi connectivity index (χ3n) is 3.20. The van der Waals surface area contributed by atoms with Crippen LogP contribution in [0.5, 0.6) is 5.75 Å². The van der Waals surface area contributed by atoms with E-state index in [2.05, 4.69) is 11.4 Å². The van der Waals surface area contributed by atoms with Gasteiger partial charge in [0.1, 0.15) is 5.75 Å². The summed E-state index contributed by atoms with van der Waals surface area (Å²) in [4.78, 5) is 0. The highest BCUT2D eigenvalue weighted by Gasteiger charge is 2.18. The van der Waals surface area contributed by atoms with Gasteiger partial charge in [-0.05, 0) is 49.6 Å². The van der Waals surface area contributed by atoms with Crippen LogP contribution in [0.15, 0.2) is 12.1 Å². The van der Waals surface area contributed by atoms with Crippen molar-refractivity contribution in [1.29, 1.82) is 0 Å². The first-order valence-electron chi connectivity index (χ1n) is 5.80. The maximum Gasteiger partial charge on any atom is 0.122 e. The summed E-state index contributed by atoms with van der Waals surface area (Å²) in [6, 6.07) is 4.45. The summed E-state index contributed by atoms with van der Waals surface area (Å²) in [5.74, 6) is 0.923. The number of methoxy groups -OCH3 is 1. The van der Waals surface area contributed by atoms with Crippen molar-refractivity contribution >= 4 is 11.6 Å². The Morgan fingerprint density at radius 3 is 2.81 bits per heavy atom. The van der Waals surface area contributed by atoms with Gasteiger partial charge in [0.25, 0.3) is 0 Å². The number of nitrogens with one attached hydrogen (secondary N) is 1. The molecular formula is C13H18ClNO. The molecular weight excluding hydrogens is 222 g/mol. The Hall–Kier alpha value is -0.730. The quantitative estimate of drug-likeness (QED) is 0.853.